The van der Waals surface area contributed by atoms with Gasteiger partial charge in [-0.25, -0.2) is 4.98 Å². The Morgan fingerprint density at radius 1 is 1.19 bits per heavy atom. The lowest BCUT2D eigenvalue weighted by atomic mass is 10.1. The number of hydrogen-bond acceptors (Lipinski definition) is 3. The third-order valence-corrected chi connectivity index (χ3v) is 3.03. The Bertz CT molecular complexity index is 594. The van der Waals surface area contributed by atoms with E-state index in [9.17, 15) is 4.79 Å². The maximum atomic E-state index is 11.9. The molecule has 1 N–H and O–H groups in total. The number of hydrogen-bond donors (Lipinski definition) is 1. The largest absolute Gasteiger partial charge is 0.494 e. The molecule has 4 heteroatoms. The number of carbonyl (C=O) groups is 1. The number of benzene rings is 1. The molecule has 0 fully saturated rings. The molecule has 1 aromatic heterocycles. The maximum Gasteiger partial charge on any atom is 0.225 e. The average molecular weight is 284 g/mol. The molecule has 0 unspecified atom stereocenters. The number of nitrogens with one attached hydrogen (secondary N) is 1. The minimum atomic E-state index is -0.0259. The highest BCUT2D eigenvalue weighted by Gasteiger charge is 2.04. The molecule has 0 aliphatic rings. The van der Waals surface area contributed by atoms with E-state index in [1.54, 1.807) is 6.07 Å². The number of carbonyl (C=O) groups excluding carboxylic acids is 1. The molecule has 1 heterocycles. The molecule has 2 aromatic rings. The molecule has 0 bridgehead atoms. The maximum absolute atomic E-state index is 11.9. The van der Waals surface area contributed by atoms with Crippen molar-refractivity contribution in [3.05, 3.63) is 53.7 Å². The van der Waals surface area contributed by atoms with Gasteiger partial charge in [-0.15, -0.1) is 0 Å². The Hall–Kier alpha value is -2.36. The van der Waals surface area contributed by atoms with E-state index in [-0.39, 0.29) is 5.91 Å². The fraction of sp³-hybridized carbons (Fsp3) is 0.294. The number of rotatable bonds is 6. The van der Waals surface area contributed by atoms with E-state index in [1.165, 1.54) is 0 Å². The summed E-state index contributed by atoms with van der Waals surface area (Å²) >= 11 is 0. The zero-order valence-electron chi connectivity index (χ0n) is 12.4. The highest BCUT2D eigenvalue weighted by atomic mass is 16.5. The number of aryl methyl sites for hydroxylation is 2. The van der Waals surface area contributed by atoms with E-state index in [0.29, 0.717) is 25.3 Å². The van der Waals surface area contributed by atoms with Crippen molar-refractivity contribution in [1.29, 1.82) is 0 Å². The van der Waals surface area contributed by atoms with E-state index in [4.69, 9.17) is 4.74 Å². The first-order valence-electron chi connectivity index (χ1n) is 7.12. The van der Waals surface area contributed by atoms with Crippen molar-refractivity contribution in [3.63, 3.8) is 0 Å². The van der Waals surface area contributed by atoms with E-state index in [0.717, 1.165) is 17.0 Å². The standard InChI is InChI=1S/C17H20N2O2/c1-3-21-15-10-7-14(8-11-15)9-12-17(20)19-16-6-4-5-13(2)18-16/h4-8,10-11H,3,9,12H2,1-2H3,(H,18,19,20). The number of anilines is 1. The van der Waals surface area contributed by atoms with Gasteiger partial charge in [0, 0.05) is 12.1 Å². The van der Waals surface area contributed by atoms with Gasteiger partial charge < -0.3 is 10.1 Å². The molecule has 0 aliphatic carbocycles. The molecule has 0 radical (unpaired) electrons. The number of nitrogens with zero attached hydrogens (tertiary/aromatic N) is 1. The zero-order chi connectivity index (χ0) is 15.1. The van der Waals surface area contributed by atoms with Crippen molar-refractivity contribution in [3.8, 4) is 5.75 Å². The van der Waals surface area contributed by atoms with E-state index in [2.05, 4.69) is 10.3 Å². The minimum Gasteiger partial charge on any atom is -0.494 e. The highest BCUT2D eigenvalue weighted by molar-refractivity contribution is 5.89. The van der Waals surface area contributed by atoms with Crippen LogP contribution >= 0.6 is 0 Å². The van der Waals surface area contributed by atoms with Crippen LogP contribution in [0.15, 0.2) is 42.5 Å². The Morgan fingerprint density at radius 2 is 1.95 bits per heavy atom. The third-order valence-electron chi connectivity index (χ3n) is 3.03. The molecule has 0 aliphatic heterocycles. The summed E-state index contributed by atoms with van der Waals surface area (Å²) in [7, 11) is 0. The van der Waals surface area contributed by atoms with Gasteiger partial charge >= 0.3 is 0 Å². The van der Waals surface area contributed by atoms with Crippen LogP contribution in [0.1, 0.15) is 24.6 Å². The molecule has 0 saturated carbocycles. The second kappa shape index (κ2) is 7.43. The first-order valence-corrected chi connectivity index (χ1v) is 7.12. The SMILES string of the molecule is CCOc1ccc(CCC(=O)Nc2cccc(C)n2)cc1. The fourth-order valence-corrected chi connectivity index (χ4v) is 1.99. The molecule has 21 heavy (non-hydrogen) atoms. The van der Waals surface area contributed by atoms with Gasteiger partial charge in [-0.2, -0.15) is 0 Å². The Kier molecular flexibility index (Phi) is 5.32. The summed E-state index contributed by atoms with van der Waals surface area (Å²) in [5, 5.41) is 2.81. The Balaban J connectivity index is 1.83. The van der Waals surface area contributed by atoms with Crippen LogP contribution in [-0.2, 0) is 11.2 Å². The number of amides is 1. The second-order valence-electron chi connectivity index (χ2n) is 4.79. The van der Waals surface area contributed by atoms with Crippen LogP contribution < -0.4 is 10.1 Å². The summed E-state index contributed by atoms with van der Waals surface area (Å²) in [5.74, 6) is 1.43. The van der Waals surface area contributed by atoms with Gasteiger partial charge in [0.1, 0.15) is 11.6 Å². The number of pyridine rings is 1. The van der Waals surface area contributed by atoms with Gasteiger partial charge in [0.15, 0.2) is 0 Å². The predicted molar refractivity (Wildman–Crippen MR) is 83.5 cm³/mol. The monoisotopic (exact) mass is 284 g/mol. The molecule has 0 spiro atoms. The molecule has 110 valence electrons. The third kappa shape index (κ3) is 4.91. The summed E-state index contributed by atoms with van der Waals surface area (Å²) in [5.41, 5.74) is 2.00. The van der Waals surface area contributed by atoms with Crippen molar-refractivity contribution in [2.75, 3.05) is 11.9 Å². The van der Waals surface area contributed by atoms with Crippen LogP contribution in [0, 0.1) is 6.92 Å². The quantitative estimate of drug-likeness (QED) is 0.885. The van der Waals surface area contributed by atoms with Crippen LogP contribution in [0.2, 0.25) is 0 Å². The first-order chi connectivity index (χ1) is 10.2. The van der Waals surface area contributed by atoms with Crippen molar-refractivity contribution >= 4 is 11.7 Å². The highest BCUT2D eigenvalue weighted by Crippen LogP contribution is 2.13. The molecular formula is C17H20N2O2. The predicted octanol–water partition coefficient (Wildman–Crippen LogP) is 3.36. The normalized spacial score (nSPS) is 10.2. The smallest absolute Gasteiger partial charge is 0.225 e. The lowest BCUT2D eigenvalue weighted by Gasteiger charge is -2.06. The van der Waals surface area contributed by atoms with Gasteiger partial charge in [0.05, 0.1) is 6.61 Å². The zero-order valence-corrected chi connectivity index (χ0v) is 12.4. The lowest BCUT2D eigenvalue weighted by molar-refractivity contribution is -0.116. The van der Waals surface area contributed by atoms with Crippen LogP contribution in [0.5, 0.6) is 5.75 Å². The molecule has 1 amide bonds. The van der Waals surface area contributed by atoms with E-state index < -0.39 is 0 Å². The minimum absolute atomic E-state index is 0.0259. The van der Waals surface area contributed by atoms with Crippen LogP contribution in [0.4, 0.5) is 5.82 Å². The molecule has 2 rings (SSSR count). The van der Waals surface area contributed by atoms with Crippen molar-refractivity contribution in [2.45, 2.75) is 26.7 Å². The van der Waals surface area contributed by atoms with Crippen molar-refractivity contribution in [1.82, 2.24) is 4.98 Å². The molecule has 0 saturated heterocycles. The summed E-state index contributed by atoms with van der Waals surface area (Å²) in [6, 6.07) is 13.4. The summed E-state index contributed by atoms with van der Waals surface area (Å²) in [6.07, 6.45) is 1.13. The van der Waals surface area contributed by atoms with E-state index >= 15 is 0 Å². The molecule has 1 aromatic carbocycles. The van der Waals surface area contributed by atoms with Gasteiger partial charge in [-0.1, -0.05) is 18.2 Å². The van der Waals surface area contributed by atoms with Crippen molar-refractivity contribution in [2.24, 2.45) is 0 Å². The van der Waals surface area contributed by atoms with E-state index in [1.807, 2.05) is 50.2 Å². The van der Waals surface area contributed by atoms with Crippen LogP contribution in [0.3, 0.4) is 0 Å². The topological polar surface area (TPSA) is 51.2 Å². The molecular weight excluding hydrogens is 264 g/mol. The summed E-state index contributed by atoms with van der Waals surface area (Å²) in [6.45, 7) is 4.51. The summed E-state index contributed by atoms with van der Waals surface area (Å²) < 4.78 is 5.39. The van der Waals surface area contributed by atoms with Crippen LogP contribution in [0.25, 0.3) is 0 Å². The Morgan fingerprint density at radius 3 is 2.62 bits per heavy atom. The Labute approximate surface area is 125 Å². The van der Waals surface area contributed by atoms with Crippen molar-refractivity contribution < 1.29 is 9.53 Å². The molecule has 4 nitrogen and oxygen atoms in total. The van der Waals surface area contributed by atoms with Crippen LogP contribution in [-0.4, -0.2) is 17.5 Å². The number of aromatic nitrogens is 1. The summed E-state index contributed by atoms with van der Waals surface area (Å²) in [4.78, 5) is 16.1. The average Bonchev–Trinajstić information content (AvgIpc) is 2.47. The second-order valence-corrected chi connectivity index (χ2v) is 4.79. The van der Waals surface area contributed by atoms with Gasteiger partial charge in [-0.3, -0.25) is 4.79 Å². The van der Waals surface area contributed by atoms with Gasteiger partial charge in [-0.05, 0) is 50.1 Å². The fourth-order valence-electron chi connectivity index (χ4n) is 1.99. The number of ether oxygens (including phenoxy) is 1. The van der Waals surface area contributed by atoms with Gasteiger partial charge in [0.25, 0.3) is 0 Å². The first kappa shape index (κ1) is 15.0. The lowest BCUT2D eigenvalue weighted by Crippen LogP contribution is -2.13. The van der Waals surface area contributed by atoms with Gasteiger partial charge in [0.2, 0.25) is 5.91 Å². The molecule has 0 atom stereocenters.